The van der Waals surface area contributed by atoms with E-state index >= 15 is 0 Å². The highest BCUT2D eigenvalue weighted by Crippen LogP contribution is 2.25. The molecule has 0 saturated carbocycles. The molecular formula is C18H16N2. The minimum atomic E-state index is 0.929. The highest BCUT2D eigenvalue weighted by atomic mass is 14.7. The van der Waals surface area contributed by atoms with Crippen LogP contribution in [0.15, 0.2) is 67.0 Å². The summed E-state index contributed by atoms with van der Waals surface area (Å²) in [6, 6.07) is 18.7. The third-order valence-corrected chi connectivity index (χ3v) is 3.32. The van der Waals surface area contributed by atoms with E-state index in [-0.39, 0.29) is 0 Å². The van der Waals surface area contributed by atoms with E-state index < -0.39 is 0 Å². The summed E-state index contributed by atoms with van der Waals surface area (Å²) in [7, 11) is 0. The zero-order chi connectivity index (χ0) is 13.8. The fourth-order valence-electron chi connectivity index (χ4n) is 2.24. The van der Waals surface area contributed by atoms with E-state index in [2.05, 4.69) is 48.3 Å². The number of pyridine rings is 2. The van der Waals surface area contributed by atoms with E-state index in [0.29, 0.717) is 0 Å². The van der Waals surface area contributed by atoms with Gasteiger partial charge in [0.25, 0.3) is 0 Å². The summed E-state index contributed by atoms with van der Waals surface area (Å²) in [6.07, 6.45) is 4.54. The molecule has 0 spiro atoms. The van der Waals surface area contributed by atoms with Crippen LogP contribution in [-0.4, -0.2) is 9.97 Å². The van der Waals surface area contributed by atoms with Crippen molar-refractivity contribution < 1.29 is 0 Å². The smallest absolute Gasteiger partial charge is 0.0712 e. The molecule has 20 heavy (non-hydrogen) atoms. The molecule has 0 aliphatic heterocycles. The first-order valence-corrected chi connectivity index (χ1v) is 6.83. The number of benzene rings is 1. The SMILES string of the molecule is CCc1cc(-c2ccccc2)cc(-c2ccncc2)n1. The second-order valence-corrected chi connectivity index (χ2v) is 4.69. The summed E-state index contributed by atoms with van der Waals surface area (Å²) < 4.78 is 0. The third kappa shape index (κ3) is 2.59. The van der Waals surface area contributed by atoms with Crippen LogP contribution < -0.4 is 0 Å². The predicted octanol–water partition coefficient (Wildman–Crippen LogP) is 4.37. The van der Waals surface area contributed by atoms with Crippen molar-refractivity contribution in [2.24, 2.45) is 0 Å². The normalized spacial score (nSPS) is 10.4. The lowest BCUT2D eigenvalue weighted by Crippen LogP contribution is -1.93. The number of nitrogens with zero attached hydrogens (tertiary/aromatic N) is 2. The Morgan fingerprint density at radius 2 is 1.55 bits per heavy atom. The number of hydrogen-bond acceptors (Lipinski definition) is 2. The van der Waals surface area contributed by atoms with Gasteiger partial charge in [-0.25, -0.2) is 0 Å². The van der Waals surface area contributed by atoms with Crippen molar-refractivity contribution in [1.82, 2.24) is 9.97 Å². The highest BCUT2D eigenvalue weighted by Gasteiger charge is 2.05. The number of rotatable bonds is 3. The van der Waals surface area contributed by atoms with Crippen LogP contribution in [-0.2, 0) is 6.42 Å². The van der Waals surface area contributed by atoms with Gasteiger partial charge in [-0.3, -0.25) is 9.97 Å². The Kier molecular flexibility index (Phi) is 3.55. The molecule has 2 heteroatoms. The summed E-state index contributed by atoms with van der Waals surface area (Å²) in [5, 5.41) is 0. The van der Waals surface area contributed by atoms with Crippen LogP contribution in [0.3, 0.4) is 0 Å². The fraction of sp³-hybridized carbons (Fsp3) is 0.111. The minimum absolute atomic E-state index is 0.929. The average Bonchev–Trinajstić information content (AvgIpc) is 2.56. The molecule has 0 unspecified atom stereocenters. The highest BCUT2D eigenvalue weighted by molar-refractivity contribution is 5.70. The summed E-state index contributed by atoms with van der Waals surface area (Å²) in [5.74, 6) is 0. The Morgan fingerprint density at radius 3 is 2.25 bits per heavy atom. The van der Waals surface area contributed by atoms with Gasteiger partial charge in [-0.15, -0.1) is 0 Å². The van der Waals surface area contributed by atoms with Gasteiger partial charge in [0.1, 0.15) is 0 Å². The number of aromatic nitrogens is 2. The summed E-state index contributed by atoms with van der Waals surface area (Å²) in [6.45, 7) is 2.13. The number of aryl methyl sites for hydroxylation is 1. The zero-order valence-electron chi connectivity index (χ0n) is 11.5. The minimum Gasteiger partial charge on any atom is -0.265 e. The van der Waals surface area contributed by atoms with Crippen LogP contribution in [0.1, 0.15) is 12.6 Å². The first kappa shape index (κ1) is 12.5. The molecular weight excluding hydrogens is 244 g/mol. The Labute approximate surface area is 119 Å². The van der Waals surface area contributed by atoms with Crippen LogP contribution in [0.5, 0.6) is 0 Å². The summed E-state index contributed by atoms with van der Waals surface area (Å²) in [4.78, 5) is 8.79. The van der Waals surface area contributed by atoms with Crippen molar-refractivity contribution in [2.75, 3.05) is 0 Å². The molecule has 0 aliphatic carbocycles. The van der Waals surface area contributed by atoms with E-state index in [1.165, 1.54) is 11.1 Å². The van der Waals surface area contributed by atoms with Gasteiger partial charge in [0.15, 0.2) is 0 Å². The summed E-state index contributed by atoms with van der Waals surface area (Å²) in [5.41, 5.74) is 5.65. The molecule has 3 rings (SSSR count). The molecule has 0 aliphatic rings. The maximum absolute atomic E-state index is 4.72. The Bertz CT molecular complexity index is 633. The third-order valence-electron chi connectivity index (χ3n) is 3.32. The first-order chi connectivity index (χ1) is 9.86. The monoisotopic (exact) mass is 260 g/mol. The van der Waals surface area contributed by atoms with Crippen molar-refractivity contribution in [2.45, 2.75) is 13.3 Å². The van der Waals surface area contributed by atoms with Gasteiger partial charge in [-0.2, -0.15) is 0 Å². The number of hydrogen-bond donors (Lipinski definition) is 0. The first-order valence-electron chi connectivity index (χ1n) is 6.83. The molecule has 0 N–H and O–H groups in total. The van der Waals surface area contributed by atoms with Crippen LogP contribution in [0, 0.1) is 0 Å². The summed E-state index contributed by atoms with van der Waals surface area (Å²) >= 11 is 0. The molecule has 2 heterocycles. The molecule has 2 nitrogen and oxygen atoms in total. The lowest BCUT2D eigenvalue weighted by Gasteiger charge is -2.08. The molecule has 3 aromatic rings. The second-order valence-electron chi connectivity index (χ2n) is 4.69. The molecule has 0 saturated heterocycles. The van der Waals surface area contributed by atoms with E-state index in [1.54, 1.807) is 12.4 Å². The van der Waals surface area contributed by atoms with Gasteiger partial charge in [0.2, 0.25) is 0 Å². The van der Waals surface area contributed by atoms with Crippen molar-refractivity contribution in [3.63, 3.8) is 0 Å². The lowest BCUT2D eigenvalue weighted by atomic mass is 10.0. The maximum atomic E-state index is 4.72. The van der Waals surface area contributed by atoms with E-state index in [9.17, 15) is 0 Å². The fourth-order valence-corrected chi connectivity index (χ4v) is 2.24. The lowest BCUT2D eigenvalue weighted by molar-refractivity contribution is 1.04. The van der Waals surface area contributed by atoms with E-state index in [0.717, 1.165) is 23.4 Å². The van der Waals surface area contributed by atoms with E-state index in [4.69, 9.17) is 4.98 Å². The molecule has 1 aromatic carbocycles. The van der Waals surface area contributed by atoms with Crippen LogP contribution in [0.4, 0.5) is 0 Å². The van der Waals surface area contributed by atoms with E-state index in [1.807, 2.05) is 18.2 Å². The van der Waals surface area contributed by atoms with Gasteiger partial charge in [-0.1, -0.05) is 37.3 Å². The quantitative estimate of drug-likeness (QED) is 0.698. The zero-order valence-corrected chi connectivity index (χ0v) is 11.5. The van der Waals surface area contributed by atoms with Crippen molar-refractivity contribution in [3.8, 4) is 22.4 Å². The molecule has 0 amide bonds. The second kappa shape index (κ2) is 5.66. The largest absolute Gasteiger partial charge is 0.265 e. The van der Waals surface area contributed by atoms with Crippen molar-refractivity contribution >= 4 is 0 Å². The van der Waals surface area contributed by atoms with Crippen LogP contribution in [0.25, 0.3) is 22.4 Å². The Balaban J connectivity index is 2.13. The topological polar surface area (TPSA) is 25.8 Å². The molecule has 0 radical (unpaired) electrons. The van der Waals surface area contributed by atoms with Crippen LogP contribution >= 0.6 is 0 Å². The molecule has 0 fully saturated rings. The van der Waals surface area contributed by atoms with Gasteiger partial charge in [-0.05, 0) is 41.8 Å². The van der Waals surface area contributed by atoms with Crippen molar-refractivity contribution in [1.29, 1.82) is 0 Å². The Morgan fingerprint density at radius 1 is 0.800 bits per heavy atom. The molecule has 98 valence electrons. The molecule has 0 atom stereocenters. The van der Waals surface area contributed by atoms with Crippen LogP contribution in [0.2, 0.25) is 0 Å². The predicted molar refractivity (Wildman–Crippen MR) is 82.3 cm³/mol. The van der Waals surface area contributed by atoms with Gasteiger partial charge < -0.3 is 0 Å². The average molecular weight is 260 g/mol. The van der Waals surface area contributed by atoms with Gasteiger partial charge >= 0.3 is 0 Å². The molecule has 0 bridgehead atoms. The van der Waals surface area contributed by atoms with Crippen molar-refractivity contribution in [3.05, 3.63) is 72.7 Å². The van der Waals surface area contributed by atoms with Gasteiger partial charge in [0.05, 0.1) is 5.69 Å². The standard InChI is InChI=1S/C18H16N2/c1-2-17-12-16(14-6-4-3-5-7-14)13-18(20-17)15-8-10-19-11-9-15/h3-13H,2H2,1H3. The maximum Gasteiger partial charge on any atom is 0.0712 e. The molecule has 2 aromatic heterocycles. The van der Waals surface area contributed by atoms with Gasteiger partial charge in [0, 0.05) is 23.7 Å². The Hall–Kier alpha value is -2.48.